The molecule has 0 amide bonds. The molecule has 2 heterocycles. The number of hydrogen-bond donors (Lipinski definition) is 1. The van der Waals surface area contributed by atoms with Crippen molar-refractivity contribution in [2.75, 3.05) is 0 Å². The zero-order chi connectivity index (χ0) is 20.4. The van der Waals surface area contributed by atoms with Crippen LogP contribution >= 0.6 is 28.1 Å². The average molecular weight is 469 g/mol. The molecule has 0 fully saturated rings. The van der Waals surface area contributed by atoms with Crippen LogP contribution in [0.2, 0.25) is 0 Å². The maximum Gasteiger partial charge on any atom is 0.269 e. The summed E-state index contributed by atoms with van der Waals surface area (Å²) in [5.41, 5.74) is 2.47. The number of benzene rings is 2. The van der Waals surface area contributed by atoms with Gasteiger partial charge in [0.2, 0.25) is 4.77 Å². The van der Waals surface area contributed by atoms with Crippen molar-refractivity contribution >= 4 is 40.0 Å². The van der Waals surface area contributed by atoms with Crippen molar-refractivity contribution in [3.63, 3.8) is 0 Å². The number of nitrogens with one attached hydrogen (secondary N) is 1. The molecule has 29 heavy (non-hydrogen) atoms. The van der Waals surface area contributed by atoms with Crippen molar-refractivity contribution in [3.8, 4) is 17.1 Å². The molecule has 0 atom stereocenters. The minimum atomic E-state index is -0.424. The molecular formula is C19H13BrN6O2S. The highest BCUT2D eigenvalue weighted by Crippen LogP contribution is 2.21. The van der Waals surface area contributed by atoms with E-state index < -0.39 is 4.92 Å². The van der Waals surface area contributed by atoms with Crippen LogP contribution in [0.25, 0.3) is 17.1 Å². The standard InChI is InChI=1S/C19H13BrN6O2S/c20-14-5-3-13(4-6-14)18-22-23-19(29)25(18)21-12-17-2-1-11-24(17)15-7-9-16(10-8-15)26(27)28/h1-12H,(H,23,29). The molecule has 0 aliphatic heterocycles. The summed E-state index contributed by atoms with van der Waals surface area (Å²) in [6, 6.07) is 17.7. The Labute approximate surface area is 178 Å². The van der Waals surface area contributed by atoms with Crippen molar-refractivity contribution in [2.45, 2.75) is 0 Å². The van der Waals surface area contributed by atoms with Gasteiger partial charge in [-0.2, -0.15) is 14.9 Å². The van der Waals surface area contributed by atoms with E-state index in [-0.39, 0.29) is 5.69 Å². The predicted octanol–water partition coefficient (Wildman–Crippen LogP) is 4.95. The minimum Gasteiger partial charge on any atom is -0.316 e. The number of aromatic nitrogens is 4. The second-order valence-corrected chi connectivity index (χ2v) is 7.29. The third kappa shape index (κ3) is 3.93. The highest BCUT2D eigenvalue weighted by molar-refractivity contribution is 9.10. The summed E-state index contributed by atoms with van der Waals surface area (Å²) in [5, 5.41) is 22.4. The topological polar surface area (TPSA) is 94.0 Å². The van der Waals surface area contributed by atoms with E-state index in [1.807, 2.05) is 47.2 Å². The predicted molar refractivity (Wildman–Crippen MR) is 116 cm³/mol. The van der Waals surface area contributed by atoms with E-state index in [9.17, 15) is 10.1 Å². The Morgan fingerprint density at radius 3 is 2.55 bits per heavy atom. The molecule has 0 saturated carbocycles. The van der Waals surface area contributed by atoms with Crippen LogP contribution in [0, 0.1) is 14.9 Å². The van der Waals surface area contributed by atoms with Crippen LogP contribution in [0.4, 0.5) is 5.69 Å². The summed E-state index contributed by atoms with van der Waals surface area (Å²) < 4.78 is 4.75. The summed E-state index contributed by atoms with van der Waals surface area (Å²) in [6.45, 7) is 0. The van der Waals surface area contributed by atoms with Gasteiger partial charge in [0.05, 0.1) is 16.8 Å². The van der Waals surface area contributed by atoms with Gasteiger partial charge in [-0.15, -0.1) is 0 Å². The van der Waals surface area contributed by atoms with Gasteiger partial charge in [0, 0.05) is 34.1 Å². The summed E-state index contributed by atoms with van der Waals surface area (Å²) in [7, 11) is 0. The summed E-state index contributed by atoms with van der Waals surface area (Å²) in [6.07, 6.45) is 3.52. The van der Waals surface area contributed by atoms with Crippen LogP contribution in [-0.2, 0) is 0 Å². The number of H-pyrrole nitrogens is 1. The fourth-order valence-electron chi connectivity index (χ4n) is 2.77. The Morgan fingerprint density at radius 1 is 1.14 bits per heavy atom. The lowest BCUT2D eigenvalue weighted by Gasteiger charge is -2.06. The van der Waals surface area contributed by atoms with Gasteiger partial charge < -0.3 is 4.57 Å². The Hall–Kier alpha value is -3.37. The van der Waals surface area contributed by atoms with Crippen LogP contribution in [0.3, 0.4) is 0 Å². The zero-order valence-corrected chi connectivity index (χ0v) is 17.2. The van der Waals surface area contributed by atoms with E-state index in [4.69, 9.17) is 12.2 Å². The van der Waals surface area contributed by atoms with Crippen molar-refractivity contribution in [2.24, 2.45) is 5.10 Å². The first-order valence-electron chi connectivity index (χ1n) is 8.43. The monoisotopic (exact) mass is 468 g/mol. The number of rotatable bonds is 5. The normalized spacial score (nSPS) is 11.2. The van der Waals surface area contributed by atoms with Crippen LogP contribution in [0.5, 0.6) is 0 Å². The van der Waals surface area contributed by atoms with Gasteiger partial charge in [0.1, 0.15) is 0 Å². The molecule has 10 heteroatoms. The second-order valence-electron chi connectivity index (χ2n) is 5.99. The molecule has 0 bridgehead atoms. The van der Waals surface area contributed by atoms with Gasteiger partial charge in [-0.1, -0.05) is 28.1 Å². The number of nitrogens with zero attached hydrogens (tertiary/aromatic N) is 5. The third-order valence-corrected chi connectivity index (χ3v) is 4.97. The van der Waals surface area contributed by atoms with Crippen molar-refractivity contribution in [1.29, 1.82) is 0 Å². The number of nitro benzene ring substituents is 1. The quantitative estimate of drug-likeness (QED) is 0.194. The molecule has 0 aliphatic rings. The van der Waals surface area contributed by atoms with E-state index in [0.29, 0.717) is 10.6 Å². The highest BCUT2D eigenvalue weighted by Gasteiger charge is 2.09. The van der Waals surface area contributed by atoms with E-state index >= 15 is 0 Å². The van der Waals surface area contributed by atoms with Gasteiger partial charge in [-0.25, -0.2) is 5.10 Å². The first-order valence-corrected chi connectivity index (χ1v) is 9.63. The molecule has 0 aliphatic carbocycles. The minimum absolute atomic E-state index is 0.0416. The fraction of sp³-hybridized carbons (Fsp3) is 0. The second kappa shape index (κ2) is 7.94. The van der Waals surface area contributed by atoms with Crippen molar-refractivity contribution < 1.29 is 4.92 Å². The Kier molecular flexibility index (Phi) is 5.19. The molecule has 1 N–H and O–H groups in total. The van der Waals surface area contributed by atoms with Gasteiger partial charge in [0.15, 0.2) is 5.82 Å². The Balaban J connectivity index is 1.67. The molecule has 0 unspecified atom stereocenters. The number of non-ortho nitro benzene ring substituents is 1. The number of nitro groups is 1. The Bertz CT molecular complexity index is 1260. The lowest BCUT2D eigenvalue weighted by atomic mass is 10.2. The van der Waals surface area contributed by atoms with Crippen LogP contribution in [0.15, 0.2) is 76.4 Å². The summed E-state index contributed by atoms with van der Waals surface area (Å²) in [4.78, 5) is 10.4. The maximum atomic E-state index is 10.9. The smallest absolute Gasteiger partial charge is 0.269 e. The van der Waals surface area contributed by atoms with Crippen LogP contribution < -0.4 is 0 Å². The van der Waals surface area contributed by atoms with Gasteiger partial charge in [0.25, 0.3) is 5.69 Å². The zero-order valence-electron chi connectivity index (χ0n) is 14.8. The molecule has 2 aromatic heterocycles. The molecular weight excluding hydrogens is 456 g/mol. The summed E-state index contributed by atoms with van der Waals surface area (Å²) >= 11 is 8.73. The maximum absolute atomic E-state index is 10.9. The van der Waals surface area contributed by atoms with Crippen LogP contribution in [0.1, 0.15) is 5.69 Å². The fourth-order valence-corrected chi connectivity index (χ4v) is 3.21. The van der Waals surface area contributed by atoms with Crippen molar-refractivity contribution in [1.82, 2.24) is 19.4 Å². The highest BCUT2D eigenvalue weighted by atomic mass is 79.9. The molecule has 4 aromatic rings. The Morgan fingerprint density at radius 2 is 1.86 bits per heavy atom. The molecule has 0 spiro atoms. The van der Waals surface area contributed by atoms with Gasteiger partial charge in [-0.3, -0.25) is 10.1 Å². The molecule has 0 radical (unpaired) electrons. The lowest BCUT2D eigenvalue weighted by molar-refractivity contribution is -0.384. The third-order valence-electron chi connectivity index (χ3n) is 4.18. The molecule has 0 saturated heterocycles. The molecule has 8 nitrogen and oxygen atoms in total. The van der Waals surface area contributed by atoms with Gasteiger partial charge >= 0.3 is 0 Å². The van der Waals surface area contributed by atoms with E-state index in [1.54, 1.807) is 23.0 Å². The summed E-state index contributed by atoms with van der Waals surface area (Å²) in [5.74, 6) is 0.590. The number of aromatic amines is 1. The molecule has 2 aromatic carbocycles. The first-order chi connectivity index (χ1) is 14.0. The molecule has 144 valence electrons. The van der Waals surface area contributed by atoms with E-state index in [1.165, 1.54) is 12.1 Å². The van der Waals surface area contributed by atoms with E-state index in [2.05, 4.69) is 31.2 Å². The number of halogens is 1. The van der Waals surface area contributed by atoms with Crippen LogP contribution in [-0.4, -0.2) is 30.6 Å². The molecule has 4 rings (SSSR count). The van der Waals surface area contributed by atoms with Crippen molar-refractivity contribution in [3.05, 3.63) is 91.9 Å². The van der Waals surface area contributed by atoms with E-state index in [0.717, 1.165) is 21.4 Å². The van der Waals surface area contributed by atoms with Gasteiger partial charge in [-0.05, 0) is 48.6 Å². The first kappa shape index (κ1) is 19.0. The SMILES string of the molecule is O=[N+]([O-])c1ccc(-n2cccc2C=Nn2c(-c3ccc(Br)cc3)n[nH]c2=S)cc1. The number of hydrogen-bond acceptors (Lipinski definition) is 5. The average Bonchev–Trinajstić information content (AvgIpc) is 3.33. The largest absolute Gasteiger partial charge is 0.316 e. The lowest BCUT2D eigenvalue weighted by Crippen LogP contribution is -2.00.